The zero-order valence-corrected chi connectivity index (χ0v) is 14.3. The van der Waals surface area contributed by atoms with Gasteiger partial charge in [0.15, 0.2) is 0 Å². The zero-order chi connectivity index (χ0) is 17.2. The molecule has 3 rings (SSSR count). The van der Waals surface area contributed by atoms with E-state index in [0.717, 1.165) is 18.9 Å². The van der Waals surface area contributed by atoms with E-state index in [0.29, 0.717) is 18.0 Å². The molecule has 0 radical (unpaired) electrons. The van der Waals surface area contributed by atoms with Crippen molar-refractivity contribution >= 4 is 15.9 Å². The summed E-state index contributed by atoms with van der Waals surface area (Å²) in [5.41, 5.74) is 0.393. The molecule has 128 valence electrons. The summed E-state index contributed by atoms with van der Waals surface area (Å²) in [7, 11) is -3.74. The SMILES string of the molecule is N#Cc1ccc(S(=O)(=O)NCC(=O)N2CCC[C@@H](C3CC3)C2)cc1. The number of nitriles is 1. The summed E-state index contributed by atoms with van der Waals surface area (Å²) in [4.78, 5) is 14.2. The second-order valence-electron chi connectivity index (χ2n) is 6.54. The molecule has 1 aromatic rings. The first-order valence-electron chi connectivity index (χ1n) is 8.27. The van der Waals surface area contributed by atoms with Crippen molar-refractivity contribution < 1.29 is 13.2 Å². The second kappa shape index (κ2) is 6.91. The molecule has 1 amide bonds. The van der Waals surface area contributed by atoms with Gasteiger partial charge < -0.3 is 4.90 Å². The van der Waals surface area contributed by atoms with Crippen molar-refractivity contribution in [1.82, 2.24) is 9.62 Å². The molecule has 1 saturated carbocycles. The summed E-state index contributed by atoms with van der Waals surface area (Å²) in [5.74, 6) is 1.17. The number of nitrogens with zero attached hydrogens (tertiary/aromatic N) is 2. The van der Waals surface area contributed by atoms with E-state index in [4.69, 9.17) is 5.26 Å². The second-order valence-corrected chi connectivity index (χ2v) is 8.31. The van der Waals surface area contributed by atoms with Crippen LogP contribution in [0.1, 0.15) is 31.2 Å². The molecule has 1 aromatic carbocycles. The van der Waals surface area contributed by atoms with Crippen LogP contribution in [-0.4, -0.2) is 38.9 Å². The Morgan fingerprint density at radius 3 is 2.54 bits per heavy atom. The molecule has 6 nitrogen and oxygen atoms in total. The number of amides is 1. The van der Waals surface area contributed by atoms with E-state index in [9.17, 15) is 13.2 Å². The summed E-state index contributed by atoms with van der Waals surface area (Å²) in [6, 6.07) is 7.57. The van der Waals surface area contributed by atoms with Crippen LogP contribution in [0.15, 0.2) is 29.2 Å². The highest BCUT2D eigenvalue weighted by Gasteiger charge is 2.35. The number of nitrogens with one attached hydrogen (secondary N) is 1. The summed E-state index contributed by atoms with van der Waals surface area (Å²) in [6.07, 6.45) is 4.69. The molecule has 2 fully saturated rings. The Balaban J connectivity index is 1.57. The van der Waals surface area contributed by atoms with Crippen LogP contribution in [0.5, 0.6) is 0 Å². The van der Waals surface area contributed by atoms with Crippen LogP contribution in [0.3, 0.4) is 0 Å². The third-order valence-electron chi connectivity index (χ3n) is 4.81. The van der Waals surface area contributed by atoms with E-state index >= 15 is 0 Å². The van der Waals surface area contributed by atoms with Crippen LogP contribution in [0, 0.1) is 23.2 Å². The maximum Gasteiger partial charge on any atom is 0.241 e. The molecule has 7 heteroatoms. The molecule has 1 aliphatic carbocycles. The van der Waals surface area contributed by atoms with Gasteiger partial charge in [0.25, 0.3) is 0 Å². The number of sulfonamides is 1. The number of hydrogen-bond acceptors (Lipinski definition) is 4. The molecule has 1 heterocycles. The van der Waals surface area contributed by atoms with Crippen LogP contribution in [0.25, 0.3) is 0 Å². The van der Waals surface area contributed by atoms with Crippen molar-refractivity contribution in [2.75, 3.05) is 19.6 Å². The van der Waals surface area contributed by atoms with Crippen LogP contribution in [0.2, 0.25) is 0 Å². The minimum absolute atomic E-state index is 0.0591. The van der Waals surface area contributed by atoms with E-state index < -0.39 is 10.0 Å². The maximum atomic E-state index is 12.3. The summed E-state index contributed by atoms with van der Waals surface area (Å²) in [5, 5.41) is 8.75. The highest BCUT2D eigenvalue weighted by molar-refractivity contribution is 7.89. The fourth-order valence-electron chi connectivity index (χ4n) is 3.25. The van der Waals surface area contributed by atoms with Gasteiger partial charge in [-0.3, -0.25) is 4.79 Å². The Hall–Kier alpha value is -1.91. The molecular formula is C17H21N3O3S. The van der Waals surface area contributed by atoms with Crippen LogP contribution >= 0.6 is 0 Å². The van der Waals surface area contributed by atoms with Crippen molar-refractivity contribution in [3.63, 3.8) is 0 Å². The van der Waals surface area contributed by atoms with Gasteiger partial charge in [-0.1, -0.05) is 0 Å². The van der Waals surface area contributed by atoms with Gasteiger partial charge in [0, 0.05) is 13.1 Å². The van der Waals surface area contributed by atoms with Gasteiger partial charge in [0.2, 0.25) is 15.9 Å². The molecule has 1 saturated heterocycles. The lowest BCUT2D eigenvalue weighted by molar-refractivity contribution is -0.131. The maximum absolute atomic E-state index is 12.3. The van der Waals surface area contributed by atoms with Gasteiger partial charge in [-0.05, 0) is 61.8 Å². The van der Waals surface area contributed by atoms with Crippen molar-refractivity contribution in [1.29, 1.82) is 5.26 Å². The number of piperidine rings is 1. The number of rotatable bonds is 5. The average Bonchev–Trinajstić information content (AvgIpc) is 3.45. The van der Waals surface area contributed by atoms with Gasteiger partial charge in [-0.25, -0.2) is 13.1 Å². The van der Waals surface area contributed by atoms with E-state index in [-0.39, 0.29) is 17.3 Å². The summed E-state index contributed by atoms with van der Waals surface area (Å²) >= 11 is 0. The fourth-order valence-corrected chi connectivity index (χ4v) is 4.22. The molecule has 1 atom stereocenters. The smallest absolute Gasteiger partial charge is 0.241 e. The standard InChI is InChI=1S/C17H21N3O3S/c18-10-13-3-7-16(8-4-13)24(22,23)19-11-17(21)20-9-1-2-15(12-20)14-5-6-14/h3-4,7-8,14-15,19H,1-2,5-6,9,11-12H2/t15-/m1/s1. The predicted molar refractivity (Wildman–Crippen MR) is 88.4 cm³/mol. The molecule has 0 bridgehead atoms. The van der Waals surface area contributed by atoms with Gasteiger partial charge in [-0.15, -0.1) is 0 Å². The first-order valence-corrected chi connectivity index (χ1v) is 9.75. The quantitative estimate of drug-likeness (QED) is 0.873. The Bertz CT molecular complexity index is 748. The lowest BCUT2D eigenvalue weighted by Gasteiger charge is -2.33. The van der Waals surface area contributed by atoms with Crippen LogP contribution < -0.4 is 4.72 Å². The van der Waals surface area contributed by atoms with Gasteiger partial charge in [0.05, 0.1) is 23.1 Å². The number of carbonyl (C=O) groups is 1. The fraction of sp³-hybridized carbons (Fsp3) is 0.529. The summed E-state index contributed by atoms with van der Waals surface area (Å²) < 4.78 is 26.8. The van der Waals surface area contributed by atoms with Gasteiger partial charge in [0.1, 0.15) is 0 Å². The highest BCUT2D eigenvalue weighted by atomic mass is 32.2. The molecule has 24 heavy (non-hydrogen) atoms. The van der Waals surface area contributed by atoms with Gasteiger partial charge >= 0.3 is 0 Å². The van der Waals surface area contributed by atoms with Crippen LogP contribution in [-0.2, 0) is 14.8 Å². The number of hydrogen-bond donors (Lipinski definition) is 1. The van der Waals surface area contributed by atoms with E-state index in [2.05, 4.69) is 4.72 Å². The zero-order valence-electron chi connectivity index (χ0n) is 13.4. The largest absolute Gasteiger partial charge is 0.341 e. The minimum atomic E-state index is -3.74. The molecule has 2 aliphatic rings. The Morgan fingerprint density at radius 2 is 1.92 bits per heavy atom. The van der Waals surface area contributed by atoms with E-state index in [1.807, 2.05) is 6.07 Å². The molecule has 0 aromatic heterocycles. The van der Waals surface area contributed by atoms with Crippen molar-refractivity contribution in [3.8, 4) is 6.07 Å². The first kappa shape index (κ1) is 16.9. The van der Waals surface area contributed by atoms with Crippen LogP contribution in [0.4, 0.5) is 0 Å². The van der Waals surface area contributed by atoms with Crippen molar-refractivity contribution in [2.24, 2.45) is 11.8 Å². The topological polar surface area (TPSA) is 90.3 Å². The third kappa shape index (κ3) is 3.94. The Labute approximate surface area is 142 Å². The Morgan fingerprint density at radius 1 is 1.21 bits per heavy atom. The lowest BCUT2D eigenvalue weighted by Crippen LogP contribution is -2.45. The monoisotopic (exact) mass is 347 g/mol. The molecule has 1 N–H and O–H groups in total. The highest BCUT2D eigenvalue weighted by Crippen LogP contribution is 2.40. The molecular weight excluding hydrogens is 326 g/mol. The van der Waals surface area contributed by atoms with E-state index in [1.54, 1.807) is 4.90 Å². The number of benzene rings is 1. The van der Waals surface area contributed by atoms with Crippen molar-refractivity contribution in [2.45, 2.75) is 30.6 Å². The van der Waals surface area contributed by atoms with Crippen molar-refractivity contribution in [3.05, 3.63) is 29.8 Å². The first-order chi connectivity index (χ1) is 11.5. The number of likely N-dealkylation sites (tertiary alicyclic amines) is 1. The normalized spacial score (nSPS) is 21.3. The third-order valence-corrected chi connectivity index (χ3v) is 6.22. The lowest BCUT2D eigenvalue weighted by atomic mass is 9.93. The molecule has 0 unspecified atom stereocenters. The molecule has 1 aliphatic heterocycles. The Kier molecular flexibility index (Phi) is 4.88. The summed E-state index contributed by atoms with van der Waals surface area (Å²) in [6.45, 7) is 1.24. The van der Waals surface area contributed by atoms with E-state index in [1.165, 1.54) is 43.5 Å². The minimum Gasteiger partial charge on any atom is -0.341 e. The molecule has 0 spiro atoms. The number of carbonyl (C=O) groups excluding carboxylic acids is 1. The predicted octanol–water partition coefficient (Wildman–Crippen LogP) is 1.49. The van der Waals surface area contributed by atoms with Gasteiger partial charge in [-0.2, -0.15) is 5.26 Å². The average molecular weight is 347 g/mol.